The number of imidazole rings is 2. The zero-order valence-electron chi connectivity index (χ0n) is 11.6. The van der Waals surface area contributed by atoms with Crippen molar-refractivity contribution in [2.24, 2.45) is 11.5 Å². The molecule has 2 atom stereocenters. The molecule has 2 aromatic rings. The monoisotopic (exact) mass is 328 g/mol. The van der Waals surface area contributed by atoms with Crippen molar-refractivity contribution in [3.05, 3.63) is 36.4 Å². The van der Waals surface area contributed by atoms with Crippen LogP contribution in [-0.2, 0) is 22.4 Å². The smallest absolute Gasteiger partial charge is 0.320 e. The lowest BCUT2D eigenvalue weighted by Crippen LogP contribution is -2.32. The van der Waals surface area contributed by atoms with E-state index in [2.05, 4.69) is 19.9 Å². The Hall–Kier alpha value is -2.23. The topological polar surface area (TPSA) is 164 Å². The normalized spacial score (nSPS) is 12.9. The fraction of sp³-hybridized carbons (Fsp3) is 0.333. The quantitative estimate of drug-likeness (QED) is 0.442. The lowest BCUT2D eigenvalue weighted by Gasteiger charge is -2.02. The van der Waals surface area contributed by atoms with Gasteiger partial charge >= 0.3 is 5.97 Å². The second-order valence-corrected chi connectivity index (χ2v) is 4.79. The molecule has 2 heterocycles. The van der Waals surface area contributed by atoms with Crippen LogP contribution in [0.15, 0.2) is 25.0 Å². The molecule has 0 aliphatic rings. The van der Waals surface area contributed by atoms with Crippen molar-refractivity contribution in [2.45, 2.75) is 24.9 Å². The highest BCUT2D eigenvalue weighted by Gasteiger charge is 2.12. The molecule has 0 aromatic carbocycles. The number of halogens is 1. The van der Waals surface area contributed by atoms with Gasteiger partial charge in [0.2, 0.25) is 5.24 Å². The minimum atomic E-state index is -1.00. The van der Waals surface area contributed by atoms with Crippen LogP contribution >= 0.6 is 11.6 Å². The van der Waals surface area contributed by atoms with E-state index in [9.17, 15) is 9.59 Å². The summed E-state index contributed by atoms with van der Waals surface area (Å²) in [7, 11) is 0. The van der Waals surface area contributed by atoms with Crippen LogP contribution in [-0.4, -0.2) is 48.3 Å². The minimum Gasteiger partial charge on any atom is -0.480 e. The molecular formula is C12H17ClN6O3. The summed E-state index contributed by atoms with van der Waals surface area (Å²) in [5.41, 5.74) is 12.2. The van der Waals surface area contributed by atoms with E-state index in [1.165, 1.54) is 12.7 Å². The molecule has 0 amide bonds. The fourth-order valence-electron chi connectivity index (χ4n) is 1.43. The third-order valence-corrected chi connectivity index (χ3v) is 2.88. The van der Waals surface area contributed by atoms with Crippen molar-refractivity contribution in [1.29, 1.82) is 0 Å². The van der Waals surface area contributed by atoms with Gasteiger partial charge in [-0.25, -0.2) is 9.97 Å². The number of hydrogen-bond donors (Lipinski definition) is 5. The maximum Gasteiger partial charge on any atom is 0.320 e. The molecule has 120 valence electrons. The number of carboxylic acids is 1. The highest BCUT2D eigenvalue weighted by Crippen LogP contribution is 1.98. The van der Waals surface area contributed by atoms with Crippen LogP contribution in [0.25, 0.3) is 0 Å². The third-order valence-electron chi connectivity index (χ3n) is 2.60. The summed E-state index contributed by atoms with van der Waals surface area (Å²) in [6.45, 7) is 0. The number of hydrogen-bond acceptors (Lipinski definition) is 6. The summed E-state index contributed by atoms with van der Waals surface area (Å²) in [5.74, 6) is -1.00. The number of carbonyl (C=O) groups excluding carboxylic acids is 1. The van der Waals surface area contributed by atoms with Gasteiger partial charge in [-0.1, -0.05) is 0 Å². The first-order valence-electron chi connectivity index (χ1n) is 6.28. The molecule has 0 saturated carbocycles. The van der Waals surface area contributed by atoms with Crippen LogP contribution in [0.4, 0.5) is 0 Å². The van der Waals surface area contributed by atoms with Gasteiger partial charge in [-0.2, -0.15) is 0 Å². The highest BCUT2D eigenvalue weighted by atomic mass is 35.5. The molecule has 0 radical (unpaired) electrons. The van der Waals surface area contributed by atoms with E-state index in [1.54, 1.807) is 12.4 Å². The lowest BCUT2D eigenvalue weighted by molar-refractivity contribution is -0.138. The number of nitrogens with one attached hydrogen (secondary N) is 2. The summed E-state index contributed by atoms with van der Waals surface area (Å²) in [5, 5.41) is 7.89. The molecule has 0 spiro atoms. The number of nitrogens with zero attached hydrogens (tertiary/aromatic N) is 2. The highest BCUT2D eigenvalue weighted by molar-refractivity contribution is 6.64. The van der Waals surface area contributed by atoms with Crippen LogP contribution in [0.5, 0.6) is 0 Å². The third kappa shape index (κ3) is 6.48. The fourth-order valence-corrected chi connectivity index (χ4v) is 1.51. The van der Waals surface area contributed by atoms with Crippen LogP contribution in [0, 0.1) is 0 Å². The Kier molecular flexibility index (Phi) is 7.23. The Morgan fingerprint density at radius 2 is 1.55 bits per heavy atom. The summed E-state index contributed by atoms with van der Waals surface area (Å²) < 4.78 is 0. The molecule has 0 bridgehead atoms. The Bertz CT molecular complexity index is 519. The van der Waals surface area contributed by atoms with E-state index in [1.807, 2.05) is 0 Å². The number of aromatic nitrogens is 4. The van der Waals surface area contributed by atoms with Gasteiger partial charge in [0.15, 0.2) is 0 Å². The number of H-pyrrole nitrogens is 2. The maximum absolute atomic E-state index is 10.5. The van der Waals surface area contributed by atoms with Gasteiger partial charge in [0.25, 0.3) is 0 Å². The average molecular weight is 329 g/mol. The number of aliphatic carboxylic acids is 1. The van der Waals surface area contributed by atoms with Gasteiger partial charge in [-0.3, -0.25) is 9.59 Å². The molecule has 2 aromatic heterocycles. The zero-order chi connectivity index (χ0) is 16.5. The second-order valence-electron chi connectivity index (χ2n) is 4.42. The molecule has 0 unspecified atom stereocenters. The number of nitrogens with two attached hydrogens (primary N) is 2. The van der Waals surface area contributed by atoms with Crippen molar-refractivity contribution >= 4 is 22.8 Å². The first kappa shape index (κ1) is 17.8. The molecule has 0 aliphatic heterocycles. The van der Waals surface area contributed by atoms with Crippen molar-refractivity contribution in [3.63, 3.8) is 0 Å². The summed E-state index contributed by atoms with van der Waals surface area (Å²) in [6, 6.07) is -1.49. The van der Waals surface area contributed by atoms with E-state index in [-0.39, 0.29) is 6.42 Å². The van der Waals surface area contributed by atoms with Crippen molar-refractivity contribution < 1.29 is 14.7 Å². The Morgan fingerprint density at radius 1 is 1.09 bits per heavy atom. The molecule has 0 saturated heterocycles. The zero-order valence-corrected chi connectivity index (χ0v) is 12.3. The number of carbonyl (C=O) groups is 2. The van der Waals surface area contributed by atoms with Gasteiger partial charge in [0.1, 0.15) is 6.04 Å². The molecule has 2 rings (SSSR count). The molecule has 10 heteroatoms. The first-order valence-corrected chi connectivity index (χ1v) is 6.65. The summed E-state index contributed by atoms with van der Waals surface area (Å²) >= 11 is 5.15. The number of rotatable bonds is 6. The minimum absolute atomic E-state index is 0.287. The predicted molar refractivity (Wildman–Crippen MR) is 79.0 cm³/mol. The first-order chi connectivity index (χ1) is 10.4. The number of carboxylic acid groups (broad SMARTS) is 1. The van der Waals surface area contributed by atoms with E-state index in [0.29, 0.717) is 6.42 Å². The maximum atomic E-state index is 10.5. The molecule has 9 nitrogen and oxygen atoms in total. The van der Waals surface area contributed by atoms with Crippen molar-refractivity contribution in [2.75, 3.05) is 0 Å². The molecule has 0 aliphatic carbocycles. The SMILES string of the molecule is N[C@@H](Cc1cnc[nH]1)C(=O)Cl.N[C@@H](Cc1cnc[nH]1)C(=O)O. The van der Waals surface area contributed by atoms with Gasteiger partial charge in [0, 0.05) is 36.6 Å². The van der Waals surface area contributed by atoms with Gasteiger partial charge in [-0.05, 0) is 11.6 Å². The average Bonchev–Trinajstić information content (AvgIpc) is 3.12. The van der Waals surface area contributed by atoms with Gasteiger partial charge < -0.3 is 26.5 Å². The van der Waals surface area contributed by atoms with E-state index >= 15 is 0 Å². The van der Waals surface area contributed by atoms with Gasteiger partial charge in [0.05, 0.1) is 18.7 Å². The number of aromatic amines is 2. The standard InChI is InChI=1S/C6H8ClN3O.C6H9N3O2/c7-6(11)5(8)1-4-2-9-3-10-4;7-5(6(10)11)1-4-2-8-3-9-4/h2-3,5H,1,8H2,(H,9,10);2-3,5H,1,7H2,(H,8,9)(H,10,11)/t2*5-/m00/s1. The second kappa shape index (κ2) is 8.93. The summed E-state index contributed by atoms with van der Waals surface area (Å²) in [4.78, 5) is 33.8. The van der Waals surface area contributed by atoms with Crippen LogP contribution < -0.4 is 11.5 Å². The molecule has 22 heavy (non-hydrogen) atoms. The Balaban J connectivity index is 0.000000220. The lowest BCUT2D eigenvalue weighted by atomic mass is 10.2. The Morgan fingerprint density at radius 3 is 1.86 bits per heavy atom. The molecule has 0 fully saturated rings. The van der Waals surface area contributed by atoms with Crippen LogP contribution in [0.1, 0.15) is 11.4 Å². The van der Waals surface area contributed by atoms with Crippen molar-refractivity contribution in [3.8, 4) is 0 Å². The van der Waals surface area contributed by atoms with Crippen LogP contribution in [0.2, 0.25) is 0 Å². The van der Waals surface area contributed by atoms with E-state index in [0.717, 1.165) is 11.4 Å². The predicted octanol–water partition coefficient (Wildman–Crippen LogP) is -0.591. The van der Waals surface area contributed by atoms with E-state index < -0.39 is 23.3 Å². The Labute approximate surface area is 131 Å². The van der Waals surface area contributed by atoms with E-state index in [4.69, 9.17) is 28.2 Å². The van der Waals surface area contributed by atoms with Crippen molar-refractivity contribution in [1.82, 2.24) is 19.9 Å². The van der Waals surface area contributed by atoms with Gasteiger partial charge in [-0.15, -0.1) is 0 Å². The summed E-state index contributed by atoms with van der Waals surface area (Å²) in [6.07, 6.45) is 6.88. The molecule has 7 N–H and O–H groups in total. The van der Waals surface area contributed by atoms with Crippen LogP contribution in [0.3, 0.4) is 0 Å². The molecular weight excluding hydrogens is 312 g/mol. The largest absolute Gasteiger partial charge is 0.480 e.